The fraction of sp³-hybridized carbons (Fsp3) is 0.400. The average Bonchev–Trinajstić information content (AvgIpc) is 3.30. The zero-order chi connectivity index (χ0) is 24.1. The van der Waals surface area contributed by atoms with Gasteiger partial charge in [-0.1, -0.05) is 41.9 Å². The van der Waals surface area contributed by atoms with Gasteiger partial charge >= 0.3 is 6.09 Å². The minimum atomic E-state index is -0.306. The molecule has 0 N–H and O–H groups in total. The molecule has 180 valence electrons. The zero-order valence-corrected chi connectivity index (χ0v) is 20.2. The molecule has 34 heavy (non-hydrogen) atoms. The highest BCUT2D eigenvalue weighted by atomic mass is 35.5. The number of benzene rings is 2. The third-order valence-electron chi connectivity index (χ3n) is 6.09. The fourth-order valence-corrected chi connectivity index (χ4v) is 4.53. The molecular formula is C25H29ClN4O4. The van der Waals surface area contributed by atoms with Crippen molar-refractivity contribution in [2.75, 3.05) is 46.4 Å². The van der Waals surface area contributed by atoms with Crippen molar-refractivity contribution in [1.29, 1.82) is 0 Å². The van der Waals surface area contributed by atoms with Crippen molar-refractivity contribution in [3.05, 3.63) is 64.7 Å². The monoisotopic (exact) mass is 484 g/mol. The van der Waals surface area contributed by atoms with E-state index in [0.717, 1.165) is 22.6 Å². The molecule has 0 saturated carbocycles. The van der Waals surface area contributed by atoms with Crippen LogP contribution in [0.3, 0.4) is 0 Å². The third-order valence-corrected chi connectivity index (χ3v) is 6.43. The highest BCUT2D eigenvalue weighted by Crippen LogP contribution is 2.36. The fourth-order valence-electron chi connectivity index (χ4n) is 4.27. The first-order valence-corrected chi connectivity index (χ1v) is 11.8. The van der Waals surface area contributed by atoms with Gasteiger partial charge in [0.25, 0.3) is 5.91 Å². The molecule has 0 aliphatic carbocycles. The Hall–Kier alpha value is -3.10. The molecule has 2 aliphatic heterocycles. The maximum atomic E-state index is 13.4. The first-order chi connectivity index (χ1) is 16.5. The van der Waals surface area contributed by atoms with E-state index < -0.39 is 0 Å². The number of amides is 2. The highest BCUT2D eigenvalue weighted by Gasteiger charge is 2.35. The summed E-state index contributed by atoms with van der Waals surface area (Å²) in [7, 11) is 1.62. The first-order valence-electron chi connectivity index (χ1n) is 11.4. The number of hydrogen-bond donors (Lipinski definition) is 0. The van der Waals surface area contributed by atoms with Crippen molar-refractivity contribution >= 4 is 29.3 Å². The maximum absolute atomic E-state index is 13.4. The Labute approximate surface area is 204 Å². The quantitative estimate of drug-likeness (QED) is 0.623. The maximum Gasteiger partial charge on any atom is 0.409 e. The topological polar surface area (TPSA) is 74.7 Å². The van der Waals surface area contributed by atoms with Gasteiger partial charge in [-0.25, -0.2) is 9.80 Å². The molecule has 4 rings (SSSR count). The Morgan fingerprint density at radius 1 is 1.09 bits per heavy atom. The molecule has 0 radical (unpaired) electrons. The van der Waals surface area contributed by atoms with E-state index in [-0.39, 0.29) is 24.6 Å². The molecule has 2 aromatic carbocycles. The standard InChI is InChI=1S/C25H29ClN4O4/c1-3-34-25(32)29-13-11-28(12-14-29)17-24(31)30-23(20-9-4-5-10-21(20)26)16-22(27-30)18-7-6-8-19(15-18)33-2/h4-10,15,23H,3,11-14,16-17H2,1-2H3/t23-/m1/s1. The van der Waals surface area contributed by atoms with Gasteiger partial charge < -0.3 is 14.4 Å². The van der Waals surface area contributed by atoms with Gasteiger partial charge in [-0.2, -0.15) is 5.10 Å². The molecule has 8 nitrogen and oxygen atoms in total. The van der Waals surface area contributed by atoms with Crippen molar-refractivity contribution in [3.63, 3.8) is 0 Å². The summed E-state index contributed by atoms with van der Waals surface area (Å²) in [5, 5.41) is 6.91. The van der Waals surface area contributed by atoms with Gasteiger partial charge in [0.05, 0.1) is 32.0 Å². The van der Waals surface area contributed by atoms with Crippen LogP contribution in [0.2, 0.25) is 5.02 Å². The van der Waals surface area contributed by atoms with E-state index in [0.29, 0.717) is 44.2 Å². The lowest BCUT2D eigenvalue weighted by Gasteiger charge is -2.34. The molecule has 0 spiro atoms. The largest absolute Gasteiger partial charge is 0.497 e. The highest BCUT2D eigenvalue weighted by molar-refractivity contribution is 6.31. The molecule has 0 bridgehead atoms. The molecule has 2 heterocycles. The van der Waals surface area contributed by atoms with Crippen LogP contribution in [0.4, 0.5) is 4.79 Å². The lowest BCUT2D eigenvalue weighted by Crippen LogP contribution is -2.51. The van der Waals surface area contributed by atoms with E-state index in [1.165, 1.54) is 0 Å². The summed E-state index contributed by atoms with van der Waals surface area (Å²) >= 11 is 6.51. The van der Waals surface area contributed by atoms with Crippen LogP contribution in [0.25, 0.3) is 0 Å². The molecular weight excluding hydrogens is 456 g/mol. The van der Waals surface area contributed by atoms with Gasteiger partial charge in [-0.05, 0) is 30.7 Å². The molecule has 2 amide bonds. The van der Waals surface area contributed by atoms with Gasteiger partial charge in [0.2, 0.25) is 0 Å². The molecule has 1 atom stereocenters. The van der Waals surface area contributed by atoms with Crippen LogP contribution in [0.5, 0.6) is 5.75 Å². The Kier molecular flexibility index (Phi) is 7.70. The van der Waals surface area contributed by atoms with E-state index in [9.17, 15) is 9.59 Å². The average molecular weight is 485 g/mol. The van der Waals surface area contributed by atoms with Gasteiger partial charge in [0.1, 0.15) is 5.75 Å². The summed E-state index contributed by atoms with van der Waals surface area (Å²) in [6.45, 7) is 4.61. The SMILES string of the molecule is CCOC(=O)N1CCN(CC(=O)N2N=C(c3cccc(OC)c3)C[C@@H]2c2ccccc2Cl)CC1. The van der Waals surface area contributed by atoms with Crippen molar-refractivity contribution in [2.45, 2.75) is 19.4 Å². The molecule has 0 unspecified atom stereocenters. The van der Waals surface area contributed by atoms with Crippen LogP contribution in [0.15, 0.2) is 53.6 Å². The molecule has 9 heteroatoms. The molecule has 1 fully saturated rings. The molecule has 1 saturated heterocycles. The summed E-state index contributed by atoms with van der Waals surface area (Å²) in [6.07, 6.45) is 0.249. The summed E-state index contributed by atoms with van der Waals surface area (Å²) in [5.74, 6) is 0.631. The van der Waals surface area contributed by atoms with Crippen LogP contribution in [0, 0.1) is 0 Å². The number of nitrogens with zero attached hydrogens (tertiary/aromatic N) is 4. The van der Waals surface area contributed by atoms with Crippen molar-refractivity contribution in [3.8, 4) is 5.75 Å². The van der Waals surface area contributed by atoms with E-state index >= 15 is 0 Å². The van der Waals surface area contributed by atoms with Gasteiger partial charge in [-0.15, -0.1) is 0 Å². The van der Waals surface area contributed by atoms with E-state index in [1.807, 2.05) is 53.4 Å². The molecule has 2 aliphatic rings. The smallest absolute Gasteiger partial charge is 0.409 e. The summed E-state index contributed by atoms with van der Waals surface area (Å²) in [4.78, 5) is 29.1. The number of methoxy groups -OCH3 is 1. The lowest BCUT2D eigenvalue weighted by molar-refractivity contribution is -0.134. The van der Waals surface area contributed by atoms with Gasteiger partial charge in [0, 0.05) is 43.2 Å². The number of carbonyl (C=O) groups is 2. The first kappa shape index (κ1) is 24.0. The molecule has 0 aromatic heterocycles. The number of carbonyl (C=O) groups excluding carboxylic acids is 2. The Balaban J connectivity index is 1.51. The summed E-state index contributed by atoms with van der Waals surface area (Å²) in [6, 6.07) is 15.0. The second-order valence-corrected chi connectivity index (χ2v) is 8.63. The van der Waals surface area contributed by atoms with Crippen molar-refractivity contribution in [2.24, 2.45) is 5.10 Å². The summed E-state index contributed by atoms with van der Waals surface area (Å²) < 4.78 is 10.4. The second kappa shape index (κ2) is 10.9. The zero-order valence-electron chi connectivity index (χ0n) is 19.4. The van der Waals surface area contributed by atoms with Crippen LogP contribution < -0.4 is 4.74 Å². The molecule has 2 aromatic rings. The van der Waals surface area contributed by atoms with Crippen LogP contribution >= 0.6 is 11.6 Å². The van der Waals surface area contributed by atoms with Gasteiger partial charge in [-0.3, -0.25) is 9.69 Å². The van der Waals surface area contributed by atoms with Crippen molar-refractivity contribution in [1.82, 2.24) is 14.8 Å². The second-order valence-electron chi connectivity index (χ2n) is 8.22. The number of ether oxygens (including phenoxy) is 2. The number of halogens is 1. The van der Waals surface area contributed by atoms with Crippen molar-refractivity contribution < 1.29 is 19.1 Å². The van der Waals surface area contributed by atoms with Gasteiger partial charge in [0.15, 0.2) is 0 Å². The third kappa shape index (κ3) is 5.34. The summed E-state index contributed by atoms with van der Waals surface area (Å²) in [5.41, 5.74) is 2.59. The number of rotatable bonds is 6. The Bertz CT molecular complexity index is 1070. The lowest BCUT2D eigenvalue weighted by atomic mass is 9.98. The van der Waals surface area contributed by atoms with E-state index in [2.05, 4.69) is 0 Å². The van der Waals surface area contributed by atoms with Crippen LogP contribution in [-0.2, 0) is 9.53 Å². The number of hydrazone groups is 1. The van der Waals surface area contributed by atoms with E-state index in [1.54, 1.807) is 23.9 Å². The Morgan fingerprint density at radius 3 is 2.56 bits per heavy atom. The minimum Gasteiger partial charge on any atom is -0.497 e. The van der Waals surface area contributed by atoms with E-state index in [4.69, 9.17) is 26.2 Å². The number of hydrogen-bond acceptors (Lipinski definition) is 6. The Morgan fingerprint density at radius 2 is 1.85 bits per heavy atom. The predicted octanol–water partition coefficient (Wildman–Crippen LogP) is 3.80. The number of piperazine rings is 1. The predicted molar refractivity (Wildman–Crippen MR) is 130 cm³/mol. The van der Waals surface area contributed by atoms with Crippen LogP contribution in [0.1, 0.15) is 30.5 Å². The normalized spacial score (nSPS) is 18.6. The van der Waals surface area contributed by atoms with Crippen LogP contribution in [-0.4, -0.2) is 79.0 Å². The minimum absolute atomic E-state index is 0.104.